The van der Waals surface area contributed by atoms with Crippen molar-refractivity contribution in [1.29, 1.82) is 0 Å². The highest BCUT2D eigenvalue weighted by atomic mass is 16.5. The molecule has 0 radical (unpaired) electrons. The number of amides is 1. The molecule has 2 N–H and O–H groups in total. The van der Waals surface area contributed by atoms with Crippen LogP contribution in [-0.4, -0.2) is 30.1 Å². The summed E-state index contributed by atoms with van der Waals surface area (Å²) in [5, 5.41) is 11.8. The van der Waals surface area contributed by atoms with Gasteiger partial charge in [-0.25, -0.2) is 0 Å². The molecule has 1 aliphatic carbocycles. The summed E-state index contributed by atoms with van der Waals surface area (Å²) in [5.41, 5.74) is -0.355. The number of carbonyl (C=O) groups excluding carboxylic acids is 1. The average Bonchev–Trinajstić information content (AvgIpc) is 3.29. The molecule has 2 rings (SSSR count). The number of hydrogen-bond acceptors (Lipinski definition) is 3. The lowest BCUT2D eigenvalue weighted by atomic mass is 9.90. The normalized spacial score (nSPS) is 14.5. The van der Waals surface area contributed by atoms with Gasteiger partial charge in [-0.1, -0.05) is 12.1 Å². The second kappa shape index (κ2) is 6.81. The third-order valence-corrected chi connectivity index (χ3v) is 3.92. The zero-order chi connectivity index (χ0) is 16.2. The van der Waals surface area contributed by atoms with Crippen LogP contribution in [-0.2, 0) is 4.79 Å². The predicted octanol–water partition coefficient (Wildman–Crippen LogP) is 2.71. The monoisotopic (exact) mass is 305 g/mol. The van der Waals surface area contributed by atoms with Crippen LogP contribution in [0.25, 0.3) is 0 Å². The summed E-state index contributed by atoms with van der Waals surface area (Å²) in [4.78, 5) is 23.3. The molecule has 0 spiro atoms. The van der Waals surface area contributed by atoms with E-state index >= 15 is 0 Å². The molecule has 0 aliphatic heterocycles. The Morgan fingerprint density at radius 2 is 2.00 bits per heavy atom. The maximum atomic E-state index is 12.2. The number of carboxylic acids is 1. The van der Waals surface area contributed by atoms with E-state index in [0.29, 0.717) is 36.8 Å². The lowest BCUT2D eigenvalue weighted by Crippen LogP contribution is -2.32. The number of hydrogen-bond donors (Lipinski definition) is 2. The number of carboxylic acid groups (broad SMARTS) is 1. The first-order valence-corrected chi connectivity index (χ1v) is 7.63. The summed E-state index contributed by atoms with van der Waals surface area (Å²) in [7, 11) is 0. The Balaban J connectivity index is 1.90. The molecule has 1 fully saturated rings. The van der Waals surface area contributed by atoms with Crippen LogP contribution in [0.3, 0.4) is 0 Å². The molecule has 0 saturated heterocycles. The van der Waals surface area contributed by atoms with Gasteiger partial charge in [-0.3, -0.25) is 9.59 Å². The van der Waals surface area contributed by atoms with Gasteiger partial charge in [0.1, 0.15) is 5.75 Å². The van der Waals surface area contributed by atoms with Gasteiger partial charge in [0.2, 0.25) is 0 Å². The van der Waals surface area contributed by atoms with Crippen molar-refractivity contribution in [1.82, 2.24) is 5.32 Å². The number of ether oxygens (including phenoxy) is 1. The number of para-hydroxylation sites is 1. The minimum Gasteiger partial charge on any atom is -0.492 e. The van der Waals surface area contributed by atoms with Gasteiger partial charge >= 0.3 is 5.97 Å². The van der Waals surface area contributed by atoms with Crippen LogP contribution in [0.2, 0.25) is 0 Å². The summed E-state index contributed by atoms with van der Waals surface area (Å²) >= 11 is 0. The molecule has 1 saturated carbocycles. The molecule has 0 aromatic heterocycles. The Morgan fingerprint density at radius 1 is 1.32 bits per heavy atom. The molecule has 0 heterocycles. The zero-order valence-corrected chi connectivity index (χ0v) is 13.1. The second-order valence-electron chi connectivity index (χ2n) is 6.45. The SMILES string of the molecule is CC(C)(CCNC(=O)c1ccccc1OCC1CC1)C(=O)O. The van der Waals surface area contributed by atoms with Gasteiger partial charge in [-0.05, 0) is 51.2 Å². The Bertz CT molecular complexity index is 549. The van der Waals surface area contributed by atoms with Crippen LogP contribution in [0.4, 0.5) is 0 Å². The molecule has 1 aromatic rings. The van der Waals surface area contributed by atoms with E-state index in [1.807, 2.05) is 6.07 Å². The number of rotatable bonds is 8. The van der Waals surface area contributed by atoms with Gasteiger partial charge in [0.05, 0.1) is 17.6 Å². The first-order valence-electron chi connectivity index (χ1n) is 7.63. The third kappa shape index (κ3) is 4.48. The van der Waals surface area contributed by atoms with Gasteiger partial charge < -0.3 is 15.2 Å². The summed E-state index contributed by atoms with van der Waals surface area (Å²) in [6, 6.07) is 7.14. The molecule has 0 bridgehead atoms. The fourth-order valence-corrected chi connectivity index (χ4v) is 1.96. The lowest BCUT2D eigenvalue weighted by Gasteiger charge is -2.19. The maximum absolute atomic E-state index is 12.2. The Hall–Kier alpha value is -2.04. The number of nitrogens with one attached hydrogen (secondary N) is 1. The predicted molar refractivity (Wildman–Crippen MR) is 83.0 cm³/mol. The van der Waals surface area contributed by atoms with Gasteiger partial charge in [-0.2, -0.15) is 0 Å². The van der Waals surface area contributed by atoms with E-state index in [4.69, 9.17) is 9.84 Å². The topological polar surface area (TPSA) is 75.6 Å². The number of benzene rings is 1. The van der Waals surface area contributed by atoms with E-state index in [0.717, 1.165) is 0 Å². The van der Waals surface area contributed by atoms with Crippen LogP contribution in [0.1, 0.15) is 43.5 Å². The summed E-state index contributed by atoms with van der Waals surface area (Å²) in [6.07, 6.45) is 2.76. The van der Waals surface area contributed by atoms with Crippen molar-refractivity contribution in [2.45, 2.75) is 33.1 Å². The van der Waals surface area contributed by atoms with Crippen molar-refractivity contribution in [2.75, 3.05) is 13.2 Å². The summed E-state index contributed by atoms with van der Waals surface area (Å²) in [5.74, 6) is 0.111. The van der Waals surface area contributed by atoms with Crippen LogP contribution in [0.5, 0.6) is 5.75 Å². The van der Waals surface area contributed by atoms with E-state index in [1.165, 1.54) is 12.8 Å². The molecule has 0 atom stereocenters. The third-order valence-electron chi connectivity index (χ3n) is 3.92. The quantitative estimate of drug-likeness (QED) is 0.774. The average molecular weight is 305 g/mol. The van der Waals surface area contributed by atoms with E-state index in [9.17, 15) is 9.59 Å². The lowest BCUT2D eigenvalue weighted by molar-refractivity contribution is -0.147. The fourth-order valence-electron chi connectivity index (χ4n) is 1.96. The van der Waals surface area contributed by atoms with Gasteiger partial charge in [0.25, 0.3) is 5.91 Å². The maximum Gasteiger partial charge on any atom is 0.309 e. The molecule has 120 valence electrons. The van der Waals surface area contributed by atoms with Gasteiger partial charge in [0, 0.05) is 6.54 Å². The first kappa shape index (κ1) is 16.3. The van der Waals surface area contributed by atoms with Gasteiger partial charge in [-0.15, -0.1) is 0 Å². The minimum atomic E-state index is -0.866. The van der Waals surface area contributed by atoms with Crippen molar-refractivity contribution in [3.8, 4) is 5.75 Å². The van der Waals surface area contributed by atoms with E-state index in [1.54, 1.807) is 32.0 Å². The first-order chi connectivity index (χ1) is 10.4. The Labute approximate surface area is 130 Å². The molecule has 0 unspecified atom stereocenters. The smallest absolute Gasteiger partial charge is 0.309 e. The van der Waals surface area contributed by atoms with Crippen LogP contribution in [0.15, 0.2) is 24.3 Å². The van der Waals surface area contributed by atoms with E-state index < -0.39 is 11.4 Å². The molecule has 5 heteroatoms. The Kier molecular flexibility index (Phi) is 5.06. The zero-order valence-electron chi connectivity index (χ0n) is 13.1. The largest absolute Gasteiger partial charge is 0.492 e. The second-order valence-corrected chi connectivity index (χ2v) is 6.45. The molecule has 22 heavy (non-hydrogen) atoms. The standard InChI is InChI=1S/C17H23NO4/c1-17(2,16(20)21)9-10-18-15(19)13-5-3-4-6-14(13)22-11-12-7-8-12/h3-6,12H,7-11H2,1-2H3,(H,18,19)(H,20,21). The minimum absolute atomic E-state index is 0.229. The van der Waals surface area contributed by atoms with Crippen molar-refractivity contribution < 1.29 is 19.4 Å². The van der Waals surface area contributed by atoms with Crippen molar-refractivity contribution >= 4 is 11.9 Å². The summed E-state index contributed by atoms with van der Waals surface area (Å²) < 4.78 is 5.71. The Morgan fingerprint density at radius 3 is 2.64 bits per heavy atom. The highest BCUT2D eigenvalue weighted by Crippen LogP contribution is 2.30. The molecule has 1 aromatic carbocycles. The van der Waals surface area contributed by atoms with Crippen molar-refractivity contribution in [3.05, 3.63) is 29.8 Å². The van der Waals surface area contributed by atoms with Crippen LogP contribution in [0, 0.1) is 11.3 Å². The fraction of sp³-hybridized carbons (Fsp3) is 0.529. The number of carbonyl (C=O) groups is 2. The van der Waals surface area contributed by atoms with Crippen molar-refractivity contribution in [3.63, 3.8) is 0 Å². The molecular formula is C17H23NO4. The molecule has 5 nitrogen and oxygen atoms in total. The molecule has 1 aliphatic rings. The number of aliphatic carboxylic acids is 1. The molecular weight excluding hydrogens is 282 g/mol. The highest BCUT2D eigenvalue weighted by Gasteiger charge is 2.27. The van der Waals surface area contributed by atoms with Gasteiger partial charge in [0.15, 0.2) is 0 Å². The van der Waals surface area contributed by atoms with Crippen LogP contribution >= 0.6 is 0 Å². The van der Waals surface area contributed by atoms with E-state index in [2.05, 4.69) is 5.32 Å². The highest BCUT2D eigenvalue weighted by molar-refractivity contribution is 5.96. The van der Waals surface area contributed by atoms with Crippen LogP contribution < -0.4 is 10.1 Å². The van der Waals surface area contributed by atoms with E-state index in [-0.39, 0.29) is 5.91 Å². The summed E-state index contributed by atoms with van der Waals surface area (Å²) in [6.45, 7) is 4.26. The van der Waals surface area contributed by atoms with Crippen molar-refractivity contribution in [2.24, 2.45) is 11.3 Å². The molecule has 1 amide bonds.